The van der Waals surface area contributed by atoms with Crippen LogP contribution in [0.15, 0.2) is 30.9 Å². The summed E-state index contributed by atoms with van der Waals surface area (Å²) in [7, 11) is 0. The number of carbonyl (C=O) groups is 2. The summed E-state index contributed by atoms with van der Waals surface area (Å²) in [5, 5.41) is 5.28. The Bertz CT molecular complexity index is 540. The molecule has 0 bridgehead atoms. The van der Waals surface area contributed by atoms with Crippen molar-refractivity contribution in [2.75, 3.05) is 13.2 Å². The van der Waals surface area contributed by atoms with Crippen LogP contribution in [0, 0.1) is 0 Å². The molecule has 0 fully saturated rings. The number of fused-ring (bicyclic) bond motifs is 1. The van der Waals surface area contributed by atoms with Crippen LogP contribution in [0.2, 0.25) is 0 Å². The van der Waals surface area contributed by atoms with E-state index in [2.05, 4.69) is 23.3 Å². The average molecular weight is 274 g/mol. The number of hydrogen-bond acceptors (Lipinski definition) is 3. The number of hydrogen-bond donors (Lipinski definition) is 2. The quantitative estimate of drug-likeness (QED) is 0.790. The highest BCUT2D eigenvalue weighted by Gasteiger charge is 2.15. The molecule has 1 aromatic rings. The Labute approximate surface area is 118 Å². The first-order chi connectivity index (χ1) is 9.60. The van der Waals surface area contributed by atoms with Crippen LogP contribution in [0.5, 0.6) is 5.75 Å². The van der Waals surface area contributed by atoms with Crippen LogP contribution in [-0.2, 0) is 16.0 Å². The molecular weight excluding hydrogens is 256 g/mol. The fourth-order valence-corrected chi connectivity index (χ4v) is 2.09. The maximum absolute atomic E-state index is 11.7. The minimum absolute atomic E-state index is 0.0523. The van der Waals surface area contributed by atoms with Crippen molar-refractivity contribution < 1.29 is 14.3 Å². The monoisotopic (exact) mass is 274 g/mol. The second kappa shape index (κ2) is 6.23. The van der Waals surface area contributed by atoms with Crippen molar-refractivity contribution in [1.82, 2.24) is 10.6 Å². The second-order valence-electron chi connectivity index (χ2n) is 4.68. The number of ether oxygens (including phenoxy) is 1. The molecule has 0 saturated carbocycles. The third kappa shape index (κ3) is 3.38. The summed E-state index contributed by atoms with van der Waals surface area (Å²) in [5.74, 6) is 0.331. The number of nitrogens with one attached hydrogen (secondary N) is 2. The minimum Gasteiger partial charge on any atom is -0.493 e. The molecule has 1 atom stereocenters. The maximum Gasteiger partial charge on any atom is 0.243 e. The van der Waals surface area contributed by atoms with Gasteiger partial charge in [-0.25, -0.2) is 0 Å². The van der Waals surface area contributed by atoms with Gasteiger partial charge in [-0.1, -0.05) is 12.6 Å². The average Bonchev–Trinajstić information content (AvgIpc) is 2.91. The first-order valence-electron chi connectivity index (χ1n) is 6.55. The smallest absolute Gasteiger partial charge is 0.243 e. The molecule has 0 unspecified atom stereocenters. The molecule has 0 radical (unpaired) electrons. The predicted molar refractivity (Wildman–Crippen MR) is 75.4 cm³/mol. The third-order valence-corrected chi connectivity index (χ3v) is 3.20. The van der Waals surface area contributed by atoms with Gasteiger partial charge >= 0.3 is 0 Å². The Balaban J connectivity index is 1.91. The fraction of sp³-hybridized carbons (Fsp3) is 0.333. The van der Waals surface area contributed by atoms with Gasteiger partial charge in [0, 0.05) is 6.42 Å². The van der Waals surface area contributed by atoms with Gasteiger partial charge in [-0.15, -0.1) is 0 Å². The van der Waals surface area contributed by atoms with E-state index in [0.29, 0.717) is 6.61 Å². The lowest BCUT2D eigenvalue weighted by Crippen LogP contribution is -2.37. The van der Waals surface area contributed by atoms with Crippen LogP contribution in [0.25, 0.3) is 0 Å². The summed E-state index contributed by atoms with van der Waals surface area (Å²) in [5.41, 5.74) is 2.20. The molecule has 1 aromatic carbocycles. The third-order valence-electron chi connectivity index (χ3n) is 3.20. The Hall–Kier alpha value is -2.30. The summed E-state index contributed by atoms with van der Waals surface area (Å²) >= 11 is 0. The first-order valence-corrected chi connectivity index (χ1v) is 6.55. The van der Waals surface area contributed by atoms with Crippen LogP contribution in [-0.4, -0.2) is 25.0 Å². The van der Waals surface area contributed by atoms with Gasteiger partial charge in [0.05, 0.1) is 19.2 Å². The highest BCUT2D eigenvalue weighted by molar-refractivity contribution is 5.90. The molecule has 106 valence electrons. The topological polar surface area (TPSA) is 67.4 Å². The van der Waals surface area contributed by atoms with Gasteiger partial charge in [-0.2, -0.15) is 0 Å². The number of carbonyl (C=O) groups excluding carboxylic acids is 2. The van der Waals surface area contributed by atoms with Crippen LogP contribution >= 0.6 is 0 Å². The van der Waals surface area contributed by atoms with Crippen LogP contribution in [0.1, 0.15) is 24.1 Å². The molecule has 0 spiro atoms. The summed E-state index contributed by atoms with van der Waals surface area (Å²) in [4.78, 5) is 22.7. The van der Waals surface area contributed by atoms with Crippen molar-refractivity contribution in [3.05, 3.63) is 42.0 Å². The van der Waals surface area contributed by atoms with E-state index in [0.717, 1.165) is 23.8 Å². The highest BCUT2D eigenvalue weighted by atomic mass is 16.5. The fourth-order valence-electron chi connectivity index (χ4n) is 2.09. The number of rotatable bonds is 5. The Morgan fingerprint density at radius 3 is 3.05 bits per heavy atom. The highest BCUT2D eigenvalue weighted by Crippen LogP contribution is 2.27. The second-order valence-corrected chi connectivity index (χ2v) is 4.68. The van der Waals surface area contributed by atoms with E-state index in [4.69, 9.17) is 4.74 Å². The normalized spacial score (nSPS) is 13.8. The molecule has 20 heavy (non-hydrogen) atoms. The van der Waals surface area contributed by atoms with Crippen molar-refractivity contribution in [2.24, 2.45) is 0 Å². The zero-order valence-electron chi connectivity index (χ0n) is 11.4. The largest absolute Gasteiger partial charge is 0.493 e. The molecule has 2 N–H and O–H groups in total. The van der Waals surface area contributed by atoms with Crippen molar-refractivity contribution in [2.45, 2.75) is 19.4 Å². The minimum atomic E-state index is -0.359. The maximum atomic E-state index is 11.7. The standard InChI is InChI=1S/C15H18N2O3/c1-3-14(18)16-9-15(19)17-10(2)11-4-5-13-12(8-11)6-7-20-13/h3-5,8,10H,1,6-7,9H2,2H3,(H,16,18)(H,17,19)/t10-/m0/s1. The van der Waals surface area contributed by atoms with E-state index in [1.807, 2.05) is 19.1 Å². The van der Waals surface area contributed by atoms with Crippen molar-refractivity contribution in [3.63, 3.8) is 0 Å². The predicted octanol–water partition coefficient (Wildman–Crippen LogP) is 1.10. The Morgan fingerprint density at radius 2 is 2.30 bits per heavy atom. The molecule has 1 aliphatic rings. The van der Waals surface area contributed by atoms with Gasteiger partial charge in [-0.05, 0) is 36.3 Å². The van der Waals surface area contributed by atoms with E-state index in [9.17, 15) is 9.59 Å². The Morgan fingerprint density at radius 1 is 1.50 bits per heavy atom. The summed E-state index contributed by atoms with van der Waals surface area (Å²) in [6.07, 6.45) is 2.04. The zero-order valence-corrected chi connectivity index (χ0v) is 11.4. The molecule has 2 amide bonds. The van der Waals surface area contributed by atoms with Crippen molar-refractivity contribution >= 4 is 11.8 Å². The van der Waals surface area contributed by atoms with Crippen LogP contribution < -0.4 is 15.4 Å². The molecular formula is C15H18N2O3. The van der Waals surface area contributed by atoms with Gasteiger partial charge in [0.2, 0.25) is 11.8 Å². The van der Waals surface area contributed by atoms with E-state index in [-0.39, 0.29) is 24.4 Å². The first kappa shape index (κ1) is 14.1. The van der Waals surface area contributed by atoms with Gasteiger partial charge in [0.25, 0.3) is 0 Å². The molecule has 2 rings (SSSR count). The SMILES string of the molecule is C=CC(=O)NCC(=O)N[C@@H](C)c1ccc2c(c1)CCO2. The summed E-state index contributed by atoms with van der Waals surface area (Å²) < 4.78 is 5.45. The summed E-state index contributed by atoms with van der Waals surface area (Å²) in [6, 6.07) is 5.81. The zero-order chi connectivity index (χ0) is 14.5. The van der Waals surface area contributed by atoms with Crippen LogP contribution in [0.4, 0.5) is 0 Å². The van der Waals surface area contributed by atoms with Gasteiger partial charge in [0.15, 0.2) is 0 Å². The summed E-state index contributed by atoms with van der Waals surface area (Å²) in [6.45, 7) is 5.90. The molecule has 0 aromatic heterocycles. The lowest BCUT2D eigenvalue weighted by Gasteiger charge is -2.15. The molecule has 1 heterocycles. The van der Waals surface area contributed by atoms with Crippen molar-refractivity contribution in [3.8, 4) is 5.75 Å². The van der Waals surface area contributed by atoms with E-state index < -0.39 is 0 Å². The molecule has 5 nitrogen and oxygen atoms in total. The van der Waals surface area contributed by atoms with Crippen LogP contribution in [0.3, 0.4) is 0 Å². The number of amides is 2. The lowest BCUT2D eigenvalue weighted by atomic mass is 10.0. The molecule has 0 aliphatic carbocycles. The van der Waals surface area contributed by atoms with E-state index >= 15 is 0 Å². The molecule has 5 heteroatoms. The van der Waals surface area contributed by atoms with E-state index in [1.165, 1.54) is 5.56 Å². The Kier molecular flexibility index (Phi) is 4.40. The van der Waals surface area contributed by atoms with Gasteiger partial charge in [0.1, 0.15) is 5.75 Å². The van der Waals surface area contributed by atoms with Gasteiger partial charge < -0.3 is 15.4 Å². The van der Waals surface area contributed by atoms with E-state index in [1.54, 1.807) is 0 Å². The lowest BCUT2D eigenvalue weighted by molar-refractivity contribution is -0.124. The molecule has 0 saturated heterocycles. The van der Waals surface area contributed by atoms with Crippen molar-refractivity contribution in [1.29, 1.82) is 0 Å². The number of benzene rings is 1. The molecule has 1 aliphatic heterocycles. The van der Waals surface area contributed by atoms with Gasteiger partial charge in [-0.3, -0.25) is 9.59 Å².